The molecule has 0 heterocycles. The van der Waals surface area contributed by atoms with E-state index in [1.165, 1.54) is 0 Å². The number of alkyl carbamates (subject to hydrolysis) is 1. The van der Waals surface area contributed by atoms with Crippen LogP contribution in [0.4, 0.5) is 4.79 Å². The first kappa shape index (κ1) is 15.6. The number of rotatable bonds is 4. The average Bonchev–Trinajstić information content (AvgIpc) is 2.65. The van der Waals surface area contributed by atoms with Crippen molar-refractivity contribution in [3.05, 3.63) is 83.9 Å². The van der Waals surface area contributed by atoms with Gasteiger partial charge in [0.25, 0.3) is 0 Å². The normalized spacial score (nSPS) is 11.5. The maximum atomic E-state index is 11.9. The molecule has 0 bridgehead atoms. The number of nitrogens with one attached hydrogen (secondary N) is 1. The molecule has 0 aliphatic heterocycles. The summed E-state index contributed by atoms with van der Waals surface area (Å²) < 4.78 is 5.17. The minimum atomic E-state index is -0.752. The van der Waals surface area contributed by atoms with Crippen LogP contribution in [-0.4, -0.2) is 6.09 Å². The molecular weight excluding hydrogens is 300 g/mol. The number of nitrogens with zero attached hydrogens (tertiary/aromatic N) is 1. The number of fused-ring (bicyclic) bond motifs is 1. The maximum absolute atomic E-state index is 11.9. The van der Waals surface area contributed by atoms with Crippen molar-refractivity contribution in [2.45, 2.75) is 12.6 Å². The summed E-state index contributed by atoms with van der Waals surface area (Å²) >= 11 is 0. The third-order valence-electron chi connectivity index (χ3n) is 3.71. The van der Waals surface area contributed by atoms with Crippen LogP contribution in [0.3, 0.4) is 0 Å². The minimum absolute atomic E-state index is 0.169. The third-order valence-corrected chi connectivity index (χ3v) is 3.71. The molecular formula is C20H16N2O2. The zero-order chi connectivity index (χ0) is 16.8. The van der Waals surface area contributed by atoms with Crippen molar-refractivity contribution in [3.63, 3.8) is 0 Å². The molecule has 0 aliphatic carbocycles. The predicted octanol–water partition coefficient (Wildman–Crippen LogP) is 4.33. The molecule has 1 unspecified atom stereocenters. The lowest BCUT2D eigenvalue weighted by atomic mass is 10.0. The number of hydrogen-bond donors (Lipinski definition) is 1. The Balaban J connectivity index is 1.67. The Hall–Kier alpha value is -3.32. The second-order valence-electron chi connectivity index (χ2n) is 5.37. The quantitative estimate of drug-likeness (QED) is 0.779. The van der Waals surface area contributed by atoms with Gasteiger partial charge in [-0.05, 0) is 28.0 Å². The Morgan fingerprint density at radius 2 is 1.71 bits per heavy atom. The molecule has 4 nitrogen and oxygen atoms in total. The van der Waals surface area contributed by atoms with Crippen LogP contribution >= 0.6 is 0 Å². The highest BCUT2D eigenvalue weighted by atomic mass is 16.5. The summed E-state index contributed by atoms with van der Waals surface area (Å²) in [4.78, 5) is 11.9. The monoisotopic (exact) mass is 316 g/mol. The summed E-state index contributed by atoms with van der Waals surface area (Å²) in [6.45, 7) is 0.169. The molecule has 0 saturated heterocycles. The summed E-state index contributed by atoms with van der Waals surface area (Å²) in [5, 5.41) is 14.1. The molecule has 0 spiro atoms. The van der Waals surface area contributed by atoms with Crippen LogP contribution in [0.25, 0.3) is 10.8 Å². The number of nitriles is 1. The van der Waals surface area contributed by atoms with Gasteiger partial charge in [-0.1, -0.05) is 66.7 Å². The van der Waals surface area contributed by atoms with Gasteiger partial charge in [0.1, 0.15) is 12.6 Å². The molecule has 0 radical (unpaired) electrons. The van der Waals surface area contributed by atoms with Crippen molar-refractivity contribution in [3.8, 4) is 6.07 Å². The van der Waals surface area contributed by atoms with E-state index in [1.54, 1.807) is 0 Å². The number of benzene rings is 3. The Morgan fingerprint density at radius 3 is 2.46 bits per heavy atom. The average molecular weight is 316 g/mol. The smallest absolute Gasteiger partial charge is 0.408 e. The maximum Gasteiger partial charge on any atom is 0.408 e. The van der Waals surface area contributed by atoms with Crippen LogP contribution in [-0.2, 0) is 11.3 Å². The van der Waals surface area contributed by atoms with Crippen molar-refractivity contribution in [2.24, 2.45) is 0 Å². The Bertz CT molecular complexity index is 885. The summed E-state index contributed by atoms with van der Waals surface area (Å²) in [7, 11) is 0. The van der Waals surface area contributed by atoms with Crippen LogP contribution in [0.5, 0.6) is 0 Å². The van der Waals surface area contributed by atoms with E-state index >= 15 is 0 Å². The Labute approximate surface area is 140 Å². The van der Waals surface area contributed by atoms with Crippen LogP contribution in [0.1, 0.15) is 17.2 Å². The zero-order valence-electron chi connectivity index (χ0n) is 13.0. The summed E-state index contributed by atoms with van der Waals surface area (Å²) in [5.74, 6) is 0. The second kappa shape index (κ2) is 7.30. The minimum Gasteiger partial charge on any atom is -0.445 e. The van der Waals surface area contributed by atoms with Gasteiger partial charge >= 0.3 is 6.09 Å². The van der Waals surface area contributed by atoms with Gasteiger partial charge in [0, 0.05) is 0 Å². The largest absolute Gasteiger partial charge is 0.445 e. The number of carbonyl (C=O) groups excluding carboxylic acids is 1. The lowest BCUT2D eigenvalue weighted by Crippen LogP contribution is -2.28. The molecule has 3 rings (SSSR count). The fourth-order valence-corrected chi connectivity index (χ4v) is 2.46. The number of amides is 1. The molecule has 0 aliphatic rings. The van der Waals surface area contributed by atoms with Gasteiger partial charge in [0.15, 0.2) is 0 Å². The zero-order valence-corrected chi connectivity index (χ0v) is 13.0. The van der Waals surface area contributed by atoms with Crippen molar-refractivity contribution in [1.82, 2.24) is 5.32 Å². The lowest BCUT2D eigenvalue weighted by molar-refractivity contribution is 0.137. The molecule has 3 aromatic carbocycles. The molecule has 0 fully saturated rings. The molecule has 1 atom stereocenters. The highest BCUT2D eigenvalue weighted by Gasteiger charge is 2.15. The first-order valence-electron chi connectivity index (χ1n) is 7.62. The third kappa shape index (κ3) is 3.71. The Kier molecular flexibility index (Phi) is 4.73. The van der Waals surface area contributed by atoms with Gasteiger partial charge in [-0.3, -0.25) is 0 Å². The van der Waals surface area contributed by atoms with Crippen molar-refractivity contribution in [1.29, 1.82) is 5.26 Å². The number of hydrogen-bond acceptors (Lipinski definition) is 3. The second-order valence-corrected chi connectivity index (χ2v) is 5.37. The first-order chi connectivity index (χ1) is 11.8. The van der Waals surface area contributed by atoms with E-state index < -0.39 is 12.1 Å². The van der Waals surface area contributed by atoms with Gasteiger partial charge in [-0.2, -0.15) is 5.26 Å². The van der Waals surface area contributed by atoms with E-state index in [0.29, 0.717) is 0 Å². The van der Waals surface area contributed by atoms with Crippen LogP contribution in [0.15, 0.2) is 72.8 Å². The van der Waals surface area contributed by atoms with E-state index in [-0.39, 0.29) is 6.61 Å². The van der Waals surface area contributed by atoms with E-state index in [4.69, 9.17) is 4.74 Å². The van der Waals surface area contributed by atoms with E-state index in [0.717, 1.165) is 21.9 Å². The van der Waals surface area contributed by atoms with Gasteiger partial charge in [0.05, 0.1) is 6.07 Å². The highest BCUT2D eigenvalue weighted by molar-refractivity contribution is 5.83. The van der Waals surface area contributed by atoms with Crippen LogP contribution in [0.2, 0.25) is 0 Å². The van der Waals surface area contributed by atoms with Crippen molar-refractivity contribution >= 4 is 16.9 Å². The molecule has 118 valence electrons. The topological polar surface area (TPSA) is 62.1 Å². The molecule has 4 heteroatoms. The van der Waals surface area contributed by atoms with Gasteiger partial charge < -0.3 is 10.1 Å². The van der Waals surface area contributed by atoms with Gasteiger partial charge in [-0.25, -0.2) is 4.79 Å². The molecule has 1 amide bonds. The fourth-order valence-electron chi connectivity index (χ4n) is 2.46. The van der Waals surface area contributed by atoms with Crippen molar-refractivity contribution in [2.75, 3.05) is 0 Å². The molecule has 24 heavy (non-hydrogen) atoms. The van der Waals surface area contributed by atoms with Gasteiger partial charge in [-0.15, -0.1) is 0 Å². The van der Waals surface area contributed by atoms with E-state index in [2.05, 4.69) is 11.4 Å². The summed E-state index contributed by atoms with van der Waals surface area (Å²) in [5.41, 5.74) is 1.62. The van der Waals surface area contributed by atoms with Crippen LogP contribution in [0, 0.1) is 11.3 Å². The SMILES string of the molecule is N#CC(NC(=O)OCc1ccccc1)c1ccc2ccccc2c1. The predicted molar refractivity (Wildman–Crippen MR) is 92.1 cm³/mol. The van der Waals surface area contributed by atoms with E-state index in [9.17, 15) is 10.1 Å². The standard InChI is InChI=1S/C20H16N2O2/c21-13-19(18-11-10-16-8-4-5-9-17(16)12-18)22-20(23)24-14-15-6-2-1-3-7-15/h1-12,19H,14H2,(H,22,23). The van der Waals surface area contributed by atoms with Crippen molar-refractivity contribution < 1.29 is 9.53 Å². The number of carbonyl (C=O) groups is 1. The highest BCUT2D eigenvalue weighted by Crippen LogP contribution is 2.20. The van der Waals surface area contributed by atoms with Gasteiger partial charge in [0.2, 0.25) is 0 Å². The fraction of sp³-hybridized carbons (Fsp3) is 0.100. The summed E-state index contributed by atoms with van der Waals surface area (Å²) in [6, 6.07) is 24.3. The molecule has 1 N–H and O–H groups in total. The number of ether oxygens (including phenoxy) is 1. The van der Waals surface area contributed by atoms with Crippen LogP contribution < -0.4 is 5.32 Å². The molecule has 0 saturated carbocycles. The Morgan fingerprint density at radius 1 is 1.00 bits per heavy atom. The first-order valence-corrected chi connectivity index (χ1v) is 7.62. The summed E-state index contributed by atoms with van der Waals surface area (Å²) in [6.07, 6.45) is -0.612. The molecule has 3 aromatic rings. The molecule has 0 aromatic heterocycles. The van der Waals surface area contributed by atoms with E-state index in [1.807, 2.05) is 72.8 Å². The lowest BCUT2D eigenvalue weighted by Gasteiger charge is -2.13.